The van der Waals surface area contributed by atoms with Crippen LogP contribution in [0.2, 0.25) is 0 Å². The first-order valence-corrected chi connectivity index (χ1v) is 11.5. The van der Waals surface area contributed by atoms with Gasteiger partial charge in [0.1, 0.15) is 6.10 Å². The Morgan fingerprint density at radius 2 is 1.76 bits per heavy atom. The average Bonchev–Trinajstić information content (AvgIpc) is 3.29. The van der Waals surface area contributed by atoms with Crippen molar-refractivity contribution < 1.29 is 14.3 Å². The molecule has 170 valence electrons. The summed E-state index contributed by atoms with van der Waals surface area (Å²) in [7, 11) is 0. The third kappa shape index (κ3) is 4.41. The third-order valence-electron chi connectivity index (χ3n) is 6.66. The van der Waals surface area contributed by atoms with Crippen molar-refractivity contribution in [1.82, 2.24) is 14.5 Å². The molecule has 2 amide bonds. The molecule has 0 bridgehead atoms. The lowest BCUT2D eigenvalue weighted by atomic mass is 9.95. The highest BCUT2D eigenvalue weighted by atomic mass is 16.5. The highest BCUT2D eigenvalue weighted by Crippen LogP contribution is 2.29. The molecule has 7 heteroatoms. The minimum Gasteiger partial charge on any atom is -0.365 e. The summed E-state index contributed by atoms with van der Waals surface area (Å²) in [6.07, 6.45) is 2.99. The van der Waals surface area contributed by atoms with Crippen molar-refractivity contribution in [3.05, 3.63) is 83.4 Å². The quantitative estimate of drug-likeness (QED) is 0.661. The monoisotopic (exact) mass is 444 g/mol. The zero-order valence-corrected chi connectivity index (χ0v) is 18.7. The molecule has 2 aliphatic rings. The number of piperidine rings is 1. The molecule has 0 spiro atoms. The molecule has 2 aliphatic heterocycles. The Morgan fingerprint density at radius 3 is 2.52 bits per heavy atom. The third-order valence-corrected chi connectivity index (χ3v) is 6.66. The van der Waals surface area contributed by atoms with E-state index in [2.05, 4.69) is 22.4 Å². The number of amides is 2. The van der Waals surface area contributed by atoms with Gasteiger partial charge in [-0.1, -0.05) is 48.5 Å². The van der Waals surface area contributed by atoms with Gasteiger partial charge < -0.3 is 19.5 Å². The number of rotatable bonds is 4. The van der Waals surface area contributed by atoms with Crippen LogP contribution in [0, 0.1) is 12.8 Å². The van der Waals surface area contributed by atoms with Crippen molar-refractivity contribution in [3.8, 4) is 0 Å². The first kappa shape index (κ1) is 21.4. The predicted molar refractivity (Wildman–Crippen MR) is 125 cm³/mol. The van der Waals surface area contributed by atoms with Crippen LogP contribution in [0.1, 0.15) is 46.3 Å². The molecule has 1 N–H and O–H groups in total. The fourth-order valence-electron chi connectivity index (χ4n) is 4.62. The molecule has 7 nitrogen and oxygen atoms in total. The van der Waals surface area contributed by atoms with E-state index >= 15 is 0 Å². The standard InChI is InChI=1S/C26H28N4O3/c1-18-7-5-6-10-21(18)28-25(31)20-11-13-29(14-12-20)26(32)24-22-16-33-23(15-30(22)17-27-24)19-8-3-2-4-9-19/h2-10,17,20,23H,11-16H2,1H3,(H,28,31)/t23-/m1/s1. The molecule has 0 saturated carbocycles. The Kier molecular flexibility index (Phi) is 5.96. The number of para-hydroxylation sites is 1. The van der Waals surface area contributed by atoms with E-state index in [1.54, 1.807) is 6.33 Å². The zero-order chi connectivity index (χ0) is 22.8. The zero-order valence-electron chi connectivity index (χ0n) is 18.7. The molecule has 3 aromatic rings. The molecular weight excluding hydrogens is 416 g/mol. The van der Waals surface area contributed by atoms with Gasteiger partial charge in [0.25, 0.3) is 5.91 Å². The molecule has 2 aromatic carbocycles. The van der Waals surface area contributed by atoms with Crippen molar-refractivity contribution in [2.75, 3.05) is 18.4 Å². The SMILES string of the molecule is Cc1ccccc1NC(=O)C1CCN(C(=O)c2ncn3c2CO[C@@H](c2ccccc2)C3)CC1. The maximum absolute atomic E-state index is 13.2. The van der Waals surface area contributed by atoms with Crippen LogP contribution in [0.5, 0.6) is 0 Å². The Morgan fingerprint density at radius 1 is 1.03 bits per heavy atom. The van der Waals surface area contributed by atoms with Gasteiger partial charge in [-0.05, 0) is 37.0 Å². The Hall–Kier alpha value is -3.45. The van der Waals surface area contributed by atoms with Crippen molar-refractivity contribution in [2.24, 2.45) is 5.92 Å². The topological polar surface area (TPSA) is 76.5 Å². The van der Waals surface area contributed by atoms with Crippen LogP contribution in [0.3, 0.4) is 0 Å². The largest absolute Gasteiger partial charge is 0.365 e. The van der Waals surface area contributed by atoms with E-state index in [1.165, 1.54) is 0 Å². The Bertz CT molecular complexity index is 1150. The van der Waals surface area contributed by atoms with Gasteiger partial charge in [0, 0.05) is 24.7 Å². The molecule has 0 radical (unpaired) electrons. The van der Waals surface area contributed by atoms with Gasteiger partial charge in [0.2, 0.25) is 5.91 Å². The first-order chi connectivity index (χ1) is 16.1. The van der Waals surface area contributed by atoms with E-state index < -0.39 is 0 Å². The number of hydrogen-bond acceptors (Lipinski definition) is 4. The summed E-state index contributed by atoms with van der Waals surface area (Å²) in [5, 5.41) is 3.04. The number of nitrogens with zero attached hydrogens (tertiary/aromatic N) is 3. The van der Waals surface area contributed by atoms with Crippen molar-refractivity contribution in [1.29, 1.82) is 0 Å². The number of fused-ring (bicyclic) bond motifs is 1. The number of imidazole rings is 1. The van der Waals surface area contributed by atoms with Gasteiger partial charge in [-0.25, -0.2) is 4.98 Å². The van der Waals surface area contributed by atoms with Crippen molar-refractivity contribution >= 4 is 17.5 Å². The Balaban J connectivity index is 1.20. The van der Waals surface area contributed by atoms with Crippen LogP contribution >= 0.6 is 0 Å². The molecule has 1 saturated heterocycles. The lowest BCUT2D eigenvalue weighted by Gasteiger charge is -2.31. The number of ether oxygens (including phenoxy) is 1. The normalized spacial score (nSPS) is 18.6. The van der Waals surface area contributed by atoms with E-state index in [1.807, 2.05) is 58.9 Å². The number of nitrogens with one attached hydrogen (secondary N) is 1. The molecule has 33 heavy (non-hydrogen) atoms. The predicted octanol–water partition coefficient (Wildman–Crippen LogP) is 3.95. The second kappa shape index (κ2) is 9.19. The van der Waals surface area contributed by atoms with Gasteiger partial charge >= 0.3 is 0 Å². The summed E-state index contributed by atoms with van der Waals surface area (Å²) >= 11 is 0. The highest BCUT2D eigenvalue weighted by molar-refractivity contribution is 5.95. The summed E-state index contributed by atoms with van der Waals surface area (Å²) in [5.41, 5.74) is 4.30. The number of carbonyl (C=O) groups is 2. The van der Waals surface area contributed by atoms with Gasteiger partial charge in [-0.3, -0.25) is 9.59 Å². The van der Waals surface area contributed by atoms with Gasteiger partial charge in [-0.2, -0.15) is 0 Å². The summed E-state index contributed by atoms with van der Waals surface area (Å²) < 4.78 is 8.08. The molecular formula is C26H28N4O3. The summed E-state index contributed by atoms with van der Waals surface area (Å²) in [6, 6.07) is 17.9. The van der Waals surface area contributed by atoms with Crippen molar-refractivity contribution in [3.63, 3.8) is 0 Å². The molecule has 1 fully saturated rings. The van der Waals surface area contributed by atoms with Crippen LogP contribution in [-0.4, -0.2) is 39.4 Å². The lowest BCUT2D eigenvalue weighted by Crippen LogP contribution is -2.42. The van der Waals surface area contributed by atoms with Gasteiger partial charge in [0.15, 0.2) is 5.69 Å². The van der Waals surface area contributed by atoms with Crippen LogP contribution in [0.4, 0.5) is 5.69 Å². The van der Waals surface area contributed by atoms with Crippen molar-refractivity contribution in [2.45, 2.75) is 39.0 Å². The lowest BCUT2D eigenvalue weighted by molar-refractivity contribution is -0.121. The molecule has 0 unspecified atom stereocenters. The smallest absolute Gasteiger partial charge is 0.274 e. The second-order valence-electron chi connectivity index (χ2n) is 8.77. The minimum atomic E-state index is -0.0977. The summed E-state index contributed by atoms with van der Waals surface area (Å²) in [6.45, 7) is 4.07. The maximum Gasteiger partial charge on any atom is 0.274 e. The second-order valence-corrected chi connectivity index (χ2v) is 8.77. The van der Waals surface area contributed by atoms with Gasteiger partial charge in [0.05, 0.1) is 25.2 Å². The minimum absolute atomic E-state index is 0.0242. The number of carbonyl (C=O) groups excluding carboxylic acids is 2. The Labute approximate surface area is 193 Å². The number of likely N-dealkylation sites (tertiary alicyclic amines) is 1. The highest BCUT2D eigenvalue weighted by Gasteiger charge is 2.32. The van der Waals surface area contributed by atoms with E-state index in [0.717, 1.165) is 22.5 Å². The van der Waals surface area contributed by atoms with Gasteiger partial charge in [-0.15, -0.1) is 0 Å². The fraction of sp³-hybridized carbons (Fsp3) is 0.346. The number of hydrogen-bond donors (Lipinski definition) is 1. The first-order valence-electron chi connectivity index (χ1n) is 11.5. The van der Waals surface area contributed by atoms with E-state index in [0.29, 0.717) is 44.8 Å². The molecule has 0 aliphatic carbocycles. The number of aryl methyl sites for hydroxylation is 1. The van der Waals surface area contributed by atoms with E-state index in [9.17, 15) is 9.59 Å². The molecule has 5 rings (SSSR count). The molecule has 1 atom stereocenters. The van der Waals surface area contributed by atoms with Crippen LogP contribution in [0.15, 0.2) is 60.9 Å². The van der Waals surface area contributed by atoms with E-state index in [-0.39, 0.29) is 23.8 Å². The number of aromatic nitrogens is 2. The van der Waals surface area contributed by atoms with E-state index in [4.69, 9.17) is 4.74 Å². The maximum atomic E-state index is 13.2. The number of anilines is 1. The molecule has 1 aromatic heterocycles. The van der Waals surface area contributed by atoms with Crippen LogP contribution in [0.25, 0.3) is 0 Å². The van der Waals surface area contributed by atoms with Crippen LogP contribution < -0.4 is 5.32 Å². The average molecular weight is 445 g/mol. The summed E-state index contributed by atoms with van der Waals surface area (Å²) in [5.74, 6) is -0.154. The van der Waals surface area contributed by atoms with Crippen LogP contribution in [-0.2, 0) is 22.7 Å². The molecule has 3 heterocycles. The summed E-state index contributed by atoms with van der Waals surface area (Å²) in [4.78, 5) is 32.2. The number of benzene rings is 2. The fourth-order valence-corrected chi connectivity index (χ4v) is 4.62.